The lowest BCUT2D eigenvalue weighted by molar-refractivity contribution is -0.122. The van der Waals surface area contributed by atoms with Gasteiger partial charge in [0.2, 0.25) is 5.91 Å². The highest BCUT2D eigenvalue weighted by molar-refractivity contribution is 5.86. The summed E-state index contributed by atoms with van der Waals surface area (Å²) in [6.07, 6.45) is 2.07. The van der Waals surface area contributed by atoms with Crippen LogP contribution >= 0.6 is 0 Å². The van der Waals surface area contributed by atoms with Crippen molar-refractivity contribution < 1.29 is 9.18 Å². The van der Waals surface area contributed by atoms with E-state index in [1.165, 1.54) is 12.1 Å². The van der Waals surface area contributed by atoms with E-state index in [4.69, 9.17) is 0 Å². The molecule has 0 heterocycles. The van der Waals surface area contributed by atoms with Gasteiger partial charge in [-0.25, -0.2) is 4.39 Å². The summed E-state index contributed by atoms with van der Waals surface area (Å²) >= 11 is 0. The lowest BCUT2D eigenvalue weighted by Crippen LogP contribution is -2.34. The predicted octanol–water partition coefficient (Wildman–Crippen LogP) is 3.57. The van der Waals surface area contributed by atoms with Gasteiger partial charge in [0, 0.05) is 11.7 Å². The van der Waals surface area contributed by atoms with Gasteiger partial charge in [-0.2, -0.15) is 0 Å². The number of rotatable bonds is 5. The zero-order valence-corrected chi connectivity index (χ0v) is 12.5. The molecule has 1 fully saturated rings. The summed E-state index contributed by atoms with van der Waals surface area (Å²) in [5, 5.41) is 6.26. The molecule has 3 nitrogen and oxygen atoms in total. The fourth-order valence-corrected chi connectivity index (χ4v) is 2.37. The molecule has 1 unspecified atom stereocenters. The Morgan fingerprint density at radius 3 is 2.55 bits per heavy atom. The fraction of sp³-hybridized carbons (Fsp3) is 0.278. The molecule has 1 atom stereocenters. The maximum absolute atomic E-state index is 13.1. The monoisotopic (exact) mass is 298 g/mol. The molecule has 3 rings (SSSR count). The summed E-state index contributed by atoms with van der Waals surface area (Å²) in [7, 11) is 0. The van der Waals surface area contributed by atoms with E-state index in [0.29, 0.717) is 0 Å². The smallest absolute Gasteiger partial charge is 0.247 e. The van der Waals surface area contributed by atoms with E-state index in [9.17, 15) is 9.18 Å². The number of hydrogen-bond acceptors (Lipinski definition) is 2. The summed E-state index contributed by atoms with van der Waals surface area (Å²) in [5.41, 5.74) is 2.74. The van der Waals surface area contributed by atoms with Crippen LogP contribution in [-0.2, 0) is 4.79 Å². The summed E-state index contributed by atoms with van der Waals surface area (Å²) < 4.78 is 13.1. The number of hydrogen-bond donors (Lipinski definition) is 2. The van der Waals surface area contributed by atoms with Crippen molar-refractivity contribution in [3.63, 3.8) is 0 Å². The highest BCUT2D eigenvalue weighted by Gasteiger charge is 2.28. The quantitative estimate of drug-likeness (QED) is 0.886. The molecule has 0 radical (unpaired) electrons. The van der Waals surface area contributed by atoms with Crippen molar-refractivity contribution in [1.82, 2.24) is 5.32 Å². The van der Waals surface area contributed by atoms with Crippen LogP contribution in [0.3, 0.4) is 0 Å². The van der Waals surface area contributed by atoms with Crippen LogP contribution in [0, 0.1) is 12.7 Å². The SMILES string of the molecule is Cc1cccc(NC(C(=O)NC2CC2)c2ccc(F)cc2)c1. The molecule has 0 bridgehead atoms. The van der Waals surface area contributed by atoms with Crippen molar-refractivity contribution >= 4 is 11.6 Å². The molecule has 1 aliphatic carbocycles. The molecule has 2 N–H and O–H groups in total. The van der Waals surface area contributed by atoms with Crippen LogP contribution < -0.4 is 10.6 Å². The number of aryl methyl sites for hydroxylation is 1. The van der Waals surface area contributed by atoms with Gasteiger partial charge in [0.15, 0.2) is 0 Å². The predicted molar refractivity (Wildman–Crippen MR) is 85.1 cm³/mol. The average Bonchev–Trinajstić information content (AvgIpc) is 3.30. The molecule has 0 spiro atoms. The minimum atomic E-state index is -0.525. The lowest BCUT2D eigenvalue weighted by Gasteiger charge is -2.20. The Balaban J connectivity index is 1.84. The molecule has 2 aromatic rings. The number of amides is 1. The topological polar surface area (TPSA) is 41.1 Å². The second kappa shape index (κ2) is 6.18. The highest BCUT2D eigenvalue weighted by Crippen LogP contribution is 2.24. The molecule has 1 aliphatic rings. The van der Waals surface area contributed by atoms with Gasteiger partial charge in [-0.15, -0.1) is 0 Å². The van der Waals surface area contributed by atoms with E-state index in [1.807, 2.05) is 31.2 Å². The largest absolute Gasteiger partial charge is 0.370 e. The zero-order valence-electron chi connectivity index (χ0n) is 12.5. The molecule has 0 aliphatic heterocycles. The molecule has 1 saturated carbocycles. The van der Waals surface area contributed by atoms with Gasteiger partial charge in [-0.3, -0.25) is 4.79 Å². The van der Waals surface area contributed by atoms with E-state index >= 15 is 0 Å². The minimum Gasteiger partial charge on any atom is -0.370 e. The Labute approximate surface area is 129 Å². The van der Waals surface area contributed by atoms with Crippen molar-refractivity contribution in [3.8, 4) is 0 Å². The van der Waals surface area contributed by atoms with E-state index in [1.54, 1.807) is 12.1 Å². The first-order valence-corrected chi connectivity index (χ1v) is 7.51. The Hall–Kier alpha value is -2.36. The van der Waals surface area contributed by atoms with Crippen molar-refractivity contribution in [1.29, 1.82) is 0 Å². The summed E-state index contributed by atoms with van der Waals surface area (Å²) in [5.74, 6) is -0.378. The van der Waals surface area contributed by atoms with Gasteiger partial charge in [0.1, 0.15) is 11.9 Å². The number of halogens is 1. The standard InChI is InChI=1S/C18H19FN2O/c1-12-3-2-4-16(11-12)20-17(18(22)21-15-9-10-15)13-5-7-14(19)8-6-13/h2-8,11,15,17,20H,9-10H2,1H3,(H,21,22). The van der Waals surface area contributed by atoms with E-state index < -0.39 is 6.04 Å². The molecular weight excluding hydrogens is 279 g/mol. The van der Waals surface area contributed by atoms with Crippen molar-refractivity contribution in [2.45, 2.75) is 31.8 Å². The van der Waals surface area contributed by atoms with Gasteiger partial charge in [0.05, 0.1) is 0 Å². The van der Waals surface area contributed by atoms with Crippen molar-refractivity contribution in [2.24, 2.45) is 0 Å². The van der Waals surface area contributed by atoms with Gasteiger partial charge >= 0.3 is 0 Å². The third-order valence-corrected chi connectivity index (χ3v) is 3.72. The van der Waals surface area contributed by atoms with Crippen LogP contribution in [0.4, 0.5) is 10.1 Å². The second-order valence-corrected chi connectivity index (χ2v) is 5.78. The van der Waals surface area contributed by atoms with Crippen LogP contribution in [0.25, 0.3) is 0 Å². The molecule has 2 aromatic carbocycles. The van der Waals surface area contributed by atoms with Gasteiger partial charge in [-0.05, 0) is 55.2 Å². The second-order valence-electron chi connectivity index (χ2n) is 5.78. The summed E-state index contributed by atoms with van der Waals surface area (Å²) in [4.78, 5) is 12.5. The first-order valence-electron chi connectivity index (χ1n) is 7.51. The molecular formula is C18H19FN2O. The van der Waals surface area contributed by atoms with E-state index in [2.05, 4.69) is 10.6 Å². The molecule has 4 heteroatoms. The minimum absolute atomic E-state index is 0.0735. The number of carbonyl (C=O) groups excluding carboxylic acids is 1. The zero-order chi connectivity index (χ0) is 15.5. The lowest BCUT2D eigenvalue weighted by atomic mass is 10.1. The summed E-state index contributed by atoms with van der Waals surface area (Å²) in [6, 6.07) is 13.7. The van der Waals surface area contributed by atoms with Crippen LogP contribution in [0.2, 0.25) is 0 Å². The maximum atomic E-state index is 13.1. The maximum Gasteiger partial charge on any atom is 0.247 e. The molecule has 0 saturated heterocycles. The van der Waals surface area contributed by atoms with Crippen LogP contribution in [0.15, 0.2) is 48.5 Å². The molecule has 22 heavy (non-hydrogen) atoms. The normalized spacial score (nSPS) is 15.2. The summed E-state index contributed by atoms with van der Waals surface area (Å²) in [6.45, 7) is 2.00. The van der Waals surface area contributed by atoms with Gasteiger partial charge < -0.3 is 10.6 Å². The molecule has 114 valence electrons. The van der Waals surface area contributed by atoms with E-state index in [-0.39, 0.29) is 17.8 Å². The van der Waals surface area contributed by atoms with E-state index in [0.717, 1.165) is 29.7 Å². The van der Waals surface area contributed by atoms with Crippen LogP contribution in [0.5, 0.6) is 0 Å². The first-order chi connectivity index (χ1) is 10.6. The Kier molecular flexibility index (Phi) is 4.09. The molecule has 1 amide bonds. The van der Waals surface area contributed by atoms with Gasteiger partial charge in [0.25, 0.3) is 0 Å². The van der Waals surface area contributed by atoms with Crippen LogP contribution in [0.1, 0.15) is 30.0 Å². The third kappa shape index (κ3) is 3.64. The number of benzene rings is 2. The molecule has 0 aromatic heterocycles. The number of carbonyl (C=O) groups is 1. The Morgan fingerprint density at radius 2 is 1.91 bits per heavy atom. The van der Waals surface area contributed by atoms with Gasteiger partial charge in [-0.1, -0.05) is 24.3 Å². The highest BCUT2D eigenvalue weighted by atomic mass is 19.1. The Bertz CT molecular complexity index is 665. The average molecular weight is 298 g/mol. The fourth-order valence-electron chi connectivity index (χ4n) is 2.37. The Morgan fingerprint density at radius 1 is 1.18 bits per heavy atom. The number of nitrogens with one attached hydrogen (secondary N) is 2. The van der Waals surface area contributed by atoms with Crippen LogP contribution in [-0.4, -0.2) is 11.9 Å². The number of anilines is 1. The van der Waals surface area contributed by atoms with Crippen molar-refractivity contribution in [2.75, 3.05) is 5.32 Å². The first kappa shape index (κ1) is 14.6. The third-order valence-electron chi connectivity index (χ3n) is 3.72. The van der Waals surface area contributed by atoms with Crippen molar-refractivity contribution in [3.05, 3.63) is 65.5 Å².